The number of carbonyl (C=O) groups excluding carboxylic acids is 1. The van der Waals surface area contributed by atoms with Crippen molar-refractivity contribution in [2.45, 2.75) is 44.7 Å². The first-order chi connectivity index (χ1) is 15.9. The Kier molecular flexibility index (Phi) is 5.39. The van der Waals surface area contributed by atoms with E-state index in [2.05, 4.69) is 30.7 Å². The molecule has 9 nitrogen and oxygen atoms in total. The molecule has 0 radical (unpaired) electrons. The summed E-state index contributed by atoms with van der Waals surface area (Å²) in [5.74, 6) is 0.882. The molecule has 2 atom stereocenters. The van der Waals surface area contributed by atoms with Crippen molar-refractivity contribution >= 4 is 34.6 Å². The quantitative estimate of drug-likeness (QED) is 0.613. The molecule has 33 heavy (non-hydrogen) atoms. The number of amides is 1. The molecule has 3 aromatic heterocycles. The minimum Gasteiger partial charge on any atom is -0.360 e. The lowest BCUT2D eigenvalue weighted by Gasteiger charge is -2.29. The number of rotatable bonds is 5. The van der Waals surface area contributed by atoms with Crippen molar-refractivity contribution < 1.29 is 13.6 Å². The van der Waals surface area contributed by atoms with Gasteiger partial charge in [0.2, 0.25) is 18.3 Å². The first-order valence-electron chi connectivity index (χ1n) is 10.9. The van der Waals surface area contributed by atoms with E-state index in [4.69, 9.17) is 0 Å². The molecule has 11 heteroatoms. The van der Waals surface area contributed by atoms with Crippen molar-refractivity contribution in [3.05, 3.63) is 30.6 Å². The first-order valence-corrected chi connectivity index (χ1v) is 10.9. The first kappa shape index (κ1) is 21.2. The van der Waals surface area contributed by atoms with Crippen LogP contribution in [-0.4, -0.2) is 68.2 Å². The smallest absolute Gasteiger partial charge is 0.244 e. The van der Waals surface area contributed by atoms with Crippen LogP contribution in [0.2, 0.25) is 0 Å². The number of nitrogens with one attached hydrogen (secondary N) is 2. The van der Waals surface area contributed by atoms with Gasteiger partial charge < -0.3 is 15.5 Å². The maximum Gasteiger partial charge on any atom is 0.244 e. The van der Waals surface area contributed by atoms with Crippen LogP contribution in [0.15, 0.2) is 35.6 Å². The molecule has 0 saturated carbocycles. The van der Waals surface area contributed by atoms with Gasteiger partial charge in [0.15, 0.2) is 5.82 Å². The summed E-state index contributed by atoms with van der Waals surface area (Å²) in [6, 6.07) is 4.64. The molecular weight excluding hydrogens is 430 g/mol. The predicted octanol–water partition coefficient (Wildman–Crippen LogP) is 3.37. The number of fused-ring (bicyclic) bond motifs is 2. The summed E-state index contributed by atoms with van der Waals surface area (Å²) in [5.41, 5.74) is 3.43. The summed E-state index contributed by atoms with van der Waals surface area (Å²) in [4.78, 5) is 27.5. The summed E-state index contributed by atoms with van der Waals surface area (Å²) < 4.78 is 27.5. The Morgan fingerprint density at radius 1 is 1.30 bits per heavy atom. The fourth-order valence-corrected chi connectivity index (χ4v) is 4.25. The Morgan fingerprint density at radius 2 is 2.15 bits per heavy atom. The Hall–Kier alpha value is -3.63. The van der Waals surface area contributed by atoms with E-state index >= 15 is 0 Å². The summed E-state index contributed by atoms with van der Waals surface area (Å²) in [6.45, 7) is 2.49. The lowest BCUT2D eigenvalue weighted by molar-refractivity contribution is -0.132. The highest BCUT2D eigenvalue weighted by Crippen LogP contribution is 2.33. The van der Waals surface area contributed by atoms with E-state index in [0.717, 1.165) is 30.5 Å². The summed E-state index contributed by atoms with van der Waals surface area (Å²) >= 11 is 0. The molecule has 0 aromatic carbocycles. The van der Waals surface area contributed by atoms with Crippen molar-refractivity contribution in [3.8, 4) is 11.3 Å². The van der Waals surface area contributed by atoms with Crippen molar-refractivity contribution in [2.75, 3.05) is 24.2 Å². The number of halogens is 2. The van der Waals surface area contributed by atoms with Crippen LogP contribution < -0.4 is 10.6 Å². The number of aromatic nitrogens is 4. The highest BCUT2D eigenvalue weighted by molar-refractivity contribution is 5.96. The number of pyridine rings is 1. The Balaban J connectivity index is 1.40. The van der Waals surface area contributed by atoms with Crippen LogP contribution in [0.1, 0.15) is 26.2 Å². The summed E-state index contributed by atoms with van der Waals surface area (Å²) in [7, 11) is 1.79. The number of hydrogen-bond donors (Lipinski definition) is 2. The molecule has 0 bridgehead atoms. The van der Waals surface area contributed by atoms with E-state index in [1.54, 1.807) is 35.8 Å². The van der Waals surface area contributed by atoms with E-state index in [1.165, 1.54) is 0 Å². The van der Waals surface area contributed by atoms with E-state index < -0.39 is 12.5 Å². The zero-order valence-electron chi connectivity index (χ0n) is 18.3. The molecule has 172 valence electrons. The molecule has 2 aliphatic rings. The topological polar surface area (TPSA) is 99.8 Å². The van der Waals surface area contributed by atoms with Gasteiger partial charge in [-0.25, -0.2) is 23.3 Å². The number of carbonyl (C=O) groups is 1. The number of likely N-dealkylation sites (N-methyl/N-ethyl adjacent to an activating group) is 1. The van der Waals surface area contributed by atoms with E-state index in [1.807, 2.05) is 18.2 Å². The fraction of sp³-hybridized carbons (Fsp3) is 0.409. The standard InChI is InChI=1S/C22H24F2N8O/c1-12-17(10-19(23)24)28-20-15(26-12)6-5-14(27-20)13-7-9-32-18(13)11-25-22(30-32)29-16-4-3-8-31(2)21(16)33/h5-7,9,11,16-17,19H,3-4,8,10H2,1-2H3,(H,27,28)(H,29,30)/t16-,17+/m0/s1. The maximum absolute atomic E-state index is 12.9. The Bertz CT molecular complexity index is 1240. The largest absolute Gasteiger partial charge is 0.360 e. The van der Waals surface area contributed by atoms with Gasteiger partial charge in [-0.2, -0.15) is 0 Å². The number of nitrogens with zero attached hydrogens (tertiary/aromatic N) is 6. The third-order valence-electron chi connectivity index (χ3n) is 6.06. The zero-order chi connectivity index (χ0) is 23.1. The van der Waals surface area contributed by atoms with Gasteiger partial charge >= 0.3 is 0 Å². The van der Waals surface area contributed by atoms with Gasteiger partial charge in [-0.05, 0) is 38.0 Å². The second-order valence-electron chi connectivity index (χ2n) is 8.38. The molecule has 2 aliphatic heterocycles. The zero-order valence-corrected chi connectivity index (χ0v) is 18.3. The highest BCUT2D eigenvalue weighted by atomic mass is 19.3. The van der Waals surface area contributed by atoms with Crippen LogP contribution in [0.4, 0.5) is 26.2 Å². The van der Waals surface area contributed by atoms with Crippen LogP contribution in [0, 0.1) is 0 Å². The van der Waals surface area contributed by atoms with Gasteiger partial charge in [-0.3, -0.25) is 9.79 Å². The van der Waals surface area contributed by atoms with Crippen LogP contribution in [0.3, 0.4) is 0 Å². The molecule has 3 aromatic rings. The molecule has 2 N–H and O–H groups in total. The van der Waals surface area contributed by atoms with Gasteiger partial charge in [0.25, 0.3) is 0 Å². The monoisotopic (exact) mass is 454 g/mol. The van der Waals surface area contributed by atoms with Crippen LogP contribution in [0.5, 0.6) is 0 Å². The molecular formula is C22H24F2N8O. The third kappa shape index (κ3) is 4.10. The van der Waals surface area contributed by atoms with Gasteiger partial charge in [0, 0.05) is 37.5 Å². The van der Waals surface area contributed by atoms with Crippen molar-refractivity contribution in [1.29, 1.82) is 0 Å². The third-order valence-corrected chi connectivity index (χ3v) is 6.06. The molecule has 0 unspecified atom stereocenters. The van der Waals surface area contributed by atoms with Gasteiger partial charge in [0.1, 0.15) is 11.7 Å². The number of alkyl halides is 2. The highest BCUT2D eigenvalue weighted by Gasteiger charge is 2.27. The number of hydrogen-bond acceptors (Lipinski definition) is 7. The normalized spacial score (nSPS) is 20.6. The molecule has 1 saturated heterocycles. The summed E-state index contributed by atoms with van der Waals surface area (Å²) in [5, 5.41) is 10.7. The van der Waals surface area contributed by atoms with Gasteiger partial charge in [0.05, 0.1) is 23.4 Å². The molecule has 5 heterocycles. The SMILES string of the molecule is CC1=Nc2ccc(-c3ccn4nc(N[C@H]5CCCN(C)C5=O)ncc34)nc2N[C@@H]1CC(F)F. The van der Waals surface area contributed by atoms with Crippen LogP contribution in [-0.2, 0) is 4.79 Å². The number of aliphatic imine (C=N–C) groups is 1. The average Bonchev–Trinajstić information content (AvgIpc) is 3.20. The van der Waals surface area contributed by atoms with Crippen molar-refractivity contribution in [2.24, 2.45) is 4.99 Å². The predicted molar refractivity (Wildman–Crippen MR) is 121 cm³/mol. The number of likely N-dealkylation sites (tertiary alicyclic amines) is 1. The van der Waals surface area contributed by atoms with Crippen molar-refractivity contribution in [3.63, 3.8) is 0 Å². The maximum atomic E-state index is 12.9. The number of anilines is 2. The molecule has 1 fully saturated rings. The molecule has 0 aliphatic carbocycles. The van der Waals surface area contributed by atoms with E-state index in [-0.39, 0.29) is 18.4 Å². The Labute approximate surface area is 188 Å². The lowest BCUT2D eigenvalue weighted by atomic mass is 10.1. The van der Waals surface area contributed by atoms with E-state index in [9.17, 15) is 13.6 Å². The molecule has 1 amide bonds. The minimum atomic E-state index is -2.43. The second kappa shape index (κ2) is 8.38. The lowest BCUT2D eigenvalue weighted by Crippen LogP contribution is -2.45. The number of piperidine rings is 1. The average molecular weight is 454 g/mol. The molecule has 0 spiro atoms. The summed E-state index contributed by atoms with van der Waals surface area (Å²) in [6.07, 6.45) is 2.38. The van der Waals surface area contributed by atoms with Crippen LogP contribution in [0.25, 0.3) is 16.8 Å². The van der Waals surface area contributed by atoms with E-state index in [0.29, 0.717) is 28.9 Å². The Morgan fingerprint density at radius 3 is 2.97 bits per heavy atom. The minimum absolute atomic E-state index is 0.0342. The van der Waals surface area contributed by atoms with Crippen LogP contribution >= 0.6 is 0 Å². The fourth-order valence-electron chi connectivity index (χ4n) is 4.25. The van der Waals surface area contributed by atoms with Gasteiger partial charge in [-0.1, -0.05) is 0 Å². The van der Waals surface area contributed by atoms with Gasteiger partial charge in [-0.15, -0.1) is 5.10 Å². The van der Waals surface area contributed by atoms with Crippen molar-refractivity contribution in [1.82, 2.24) is 24.5 Å². The second-order valence-corrected chi connectivity index (χ2v) is 8.38. The molecule has 5 rings (SSSR count).